The maximum Gasteiger partial charge on any atom is 0.135 e. The van der Waals surface area contributed by atoms with Crippen molar-refractivity contribution >= 4 is 33.9 Å². The molecular weight excluding hydrogens is 443 g/mol. The Bertz CT molecular complexity index is 994. The molecule has 5 nitrogen and oxygen atoms in total. The molecule has 0 spiro atoms. The van der Waals surface area contributed by atoms with Crippen molar-refractivity contribution in [3.05, 3.63) is 54.6 Å². The van der Waals surface area contributed by atoms with Gasteiger partial charge >= 0.3 is 0 Å². The largest absolute Gasteiger partial charge is 0.506 e. The summed E-state index contributed by atoms with van der Waals surface area (Å²) in [5.41, 5.74) is 0. The normalized spacial score (nSPS) is 11.9. The number of phenols is 1. The Kier molecular flexibility index (Phi) is 7.47. The molecule has 0 aliphatic rings. The number of benzene rings is 3. The smallest absolute Gasteiger partial charge is 0.135 e. The van der Waals surface area contributed by atoms with Gasteiger partial charge in [0.1, 0.15) is 28.7 Å². The molecule has 0 aliphatic carbocycles. The summed E-state index contributed by atoms with van der Waals surface area (Å²) >= 11 is 0. The average Bonchev–Trinajstić information content (AvgIpc) is 2.79. The minimum atomic E-state index is -1.37. The number of methoxy groups -OCH3 is 4. The van der Waals surface area contributed by atoms with Gasteiger partial charge in [0.15, 0.2) is 0 Å². The summed E-state index contributed by atoms with van der Waals surface area (Å²) in [7, 11) is 4.00. The third kappa shape index (κ3) is 4.48. The molecule has 0 radical (unpaired) electrons. The standard InChI is InChI=1S/C25H31O5PS/c1-27-17-11-8-12-18(28-2)24(17)31(25-19(29-3)13-9-14-20(25)30-4)21-15-10-16-22(23(21)26)32(5,6)7/h8-16,26H,1-7H3. The van der Waals surface area contributed by atoms with Gasteiger partial charge in [-0.3, -0.25) is 0 Å². The van der Waals surface area contributed by atoms with Crippen LogP contribution >= 0.6 is 17.9 Å². The quantitative estimate of drug-likeness (QED) is 0.495. The molecule has 0 amide bonds. The van der Waals surface area contributed by atoms with Crippen LogP contribution in [0, 0.1) is 0 Å². The zero-order valence-electron chi connectivity index (χ0n) is 19.6. The van der Waals surface area contributed by atoms with Crippen molar-refractivity contribution in [1.82, 2.24) is 0 Å². The van der Waals surface area contributed by atoms with Crippen LogP contribution in [0.5, 0.6) is 28.7 Å². The first-order valence-corrected chi connectivity index (χ1v) is 14.2. The molecule has 3 rings (SSSR count). The third-order valence-electron chi connectivity index (χ3n) is 5.13. The fraction of sp³-hybridized carbons (Fsp3) is 0.280. The van der Waals surface area contributed by atoms with Gasteiger partial charge in [0.25, 0.3) is 0 Å². The van der Waals surface area contributed by atoms with Gasteiger partial charge in [-0.2, -0.15) is 0 Å². The van der Waals surface area contributed by atoms with Crippen LogP contribution in [0.3, 0.4) is 0 Å². The highest BCUT2D eigenvalue weighted by molar-refractivity contribution is 8.32. The van der Waals surface area contributed by atoms with Gasteiger partial charge in [0.2, 0.25) is 0 Å². The number of hydrogen-bond acceptors (Lipinski definition) is 5. The van der Waals surface area contributed by atoms with Gasteiger partial charge in [0, 0.05) is 18.1 Å². The molecule has 0 aliphatic heterocycles. The summed E-state index contributed by atoms with van der Waals surface area (Å²) in [6, 6.07) is 17.4. The minimum absolute atomic E-state index is 0.294. The summed E-state index contributed by atoms with van der Waals surface area (Å²) in [5.74, 6) is 3.00. The van der Waals surface area contributed by atoms with Gasteiger partial charge in [-0.15, -0.1) is 0 Å². The first kappa shape index (κ1) is 24.1. The highest BCUT2D eigenvalue weighted by atomic mass is 32.3. The van der Waals surface area contributed by atoms with Crippen molar-refractivity contribution in [3.8, 4) is 28.7 Å². The molecule has 0 atom stereocenters. The van der Waals surface area contributed by atoms with E-state index in [0.29, 0.717) is 28.7 Å². The highest BCUT2D eigenvalue weighted by Gasteiger charge is 2.33. The van der Waals surface area contributed by atoms with Crippen LogP contribution in [0.25, 0.3) is 0 Å². The Labute approximate surface area is 193 Å². The van der Waals surface area contributed by atoms with E-state index in [9.17, 15) is 5.11 Å². The Morgan fingerprint density at radius 2 is 1.00 bits per heavy atom. The van der Waals surface area contributed by atoms with Crippen LogP contribution in [0.4, 0.5) is 0 Å². The van der Waals surface area contributed by atoms with E-state index < -0.39 is 17.9 Å². The molecule has 0 heterocycles. The van der Waals surface area contributed by atoms with E-state index in [1.807, 2.05) is 54.6 Å². The molecule has 3 aromatic rings. The Hall–Kier alpha value is -2.56. The van der Waals surface area contributed by atoms with Crippen LogP contribution < -0.4 is 34.9 Å². The fourth-order valence-electron chi connectivity index (χ4n) is 3.64. The molecule has 0 saturated heterocycles. The van der Waals surface area contributed by atoms with Crippen LogP contribution in [0.1, 0.15) is 0 Å². The van der Waals surface area contributed by atoms with Gasteiger partial charge in [-0.1, -0.05) is 24.3 Å². The second-order valence-corrected chi connectivity index (χ2v) is 14.0. The maximum absolute atomic E-state index is 11.5. The van der Waals surface area contributed by atoms with E-state index in [1.54, 1.807) is 28.4 Å². The first-order valence-electron chi connectivity index (χ1n) is 10.0. The van der Waals surface area contributed by atoms with Gasteiger partial charge in [0.05, 0.1) is 39.0 Å². The van der Waals surface area contributed by atoms with Crippen LogP contribution in [-0.2, 0) is 0 Å². The molecule has 0 saturated carbocycles. The zero-order chi connectivity index (χ0) is 23.5. The topological polar surface area (TPSA) is 57.2 Å². The molecule has 3 aromatic carbocycles. The molecule has 0 aromatic heterocycles. The number of aromatic hydroxyl groups is 1. The maximum atomic E-state index is 11.5. The monoisotopic (exact) mass is 474 g/mol. The predicted molar refractivity (Wildman–Crippen MR) is 137 cm³/mol. The van der Waals surface area contributed by atoms with E-state index >= 15 is 0 Å². The molecular formula is C25H31O5PS. The van der Waals surface area contributed by atoms with Crippen LogP contribution in [0.2, 0.25) is 0 Å². The molecule has 7 heteroatoms. The lowest BCUT2D eigenvalue weighted by Crippen LogP contribution is -2.26. The second-order valence-electron chi connectivity index (χ2n) is 7.82. The van der Waals surface area contributed by atoms with Crippen molar-refractivity contribution in [1.29, 1.82) is 0 Å². The van der Waals surface area contributed by atoms with Crippen LogP contribution in [-0.4, -0.2) is 52.3 Å². The summed E-state index contributed by atoms with van der Waals surface area (Å²) in [6.07, 6.45) is 6.50. The average molecular weight is 475 g/mol. The number of rotatable bonds is 8. The van der Waals surface area contributed by atoms with Crippen molar-refractivity contribution in [2.24, 2.45) is 0 Å². The Morgan fingerprint density at radius 3 is 1.34 bits per heavy atom. The van der Waals surface area contributed by atoms with E-state index in [2.05, 4.69) is 18.8 Å². The predicted octanol–water partition coefficient (Wildman–Crippen LogP) is 4.24. The minimum Gasteiger partial charge on any atom is -0.506 e. The van der Waals surface area contributed by atoms with E-state index in [-0.39, 0.29) is 0 Å². The zero-order valence-corrected chi connectivity index (χ0v) is 21.3. The Balaban J connectivity index is 2.48. The lowest BCUT2D eigenvalue weighted by atomic mass is 10.3. The summed E-state index contributed by atoms with van der Waals surface area (Å²) in [4.78, 5) is 0.949. The van der Waals surface area contributed by atoms with Crippen LogP contribution in [0.15, 0.2) is 59.5 Å². The summed E-state index contributed by atoms with van der Waals surface area (Å²) in [6.45, 7) is 0. The second kappa shape index (κ2) is 9.93. The molecule has 1 N–H and O–H groups in total. The Morgan fingerprint density at radius 1 is 0.625 bits per heavy atom. The number of hydrogen-bond donors (Lipinski definition) is 1. The van der Waals surface area contributed by atoms with Gasteiger partial charge in [-0.05, 0) is 49.1 Å². The van der Waals surface area contributed by atoms with Crippen molar-refractivity contribution in [2.75, 3.05) is 47.2 Å². The lowest BCUT2D eigenvalue weighted by molar-refractivity contribution is 0.399. The van der Waals surface area contributed by atoms with Crippen molar-refractivity contribution < 1.29 is 24.1 Å². The van der Waals surface area contributed by atoms with Gasteiger partial charge in [-0.25, -0.2) is 10.0 Å². The molecule has 32 heavy (non-hydrogen) atoms. The molecule has 0 bridgehead atoms. The number of para-hydroxylation sites is 1. The molecule has 0 fully saturated rings. The lowest BCUT2D eigenvalue weighted by Gasteiger charge is -2.31. The highest BCUT2D eigenvalue weighted by Crippen LogP contribution is 2.53. The molecule has 172 valence electrons. The summed E-state index contributed by atoms with van der Waals surface area (Å²) in [5, 5.41) is 14.0. The number of ether oxygens (including phenoxy) is 4. The summed E-state index contributed by atoms with van der Waals surface area (Å²) < 4.78 is 23.1. The van der Waals surface area contributed by atoms with E-state index in [0.717, 1.165) is 20.8 Å². The third-order valence-corrected chi connectivity index (χ3v) is 9.40. The fourth-order valence-corrected chi connectivity index (χ4v) is 7.71. The number of phenolic OH excluding ortho intramolecular Hbond substituents is 1. The van der Waals surface area contributed by atoms with E-state index in [1.165, 1.54) is 0 Å². The molecule has 0 unspecified atom stereocenters. The van der Waals surface area contributed by atoms with E-state index in [4.69, 9.17) is 18.9 Å². The first-order chi connectivity index (χ1) is 15.3. The van der Waals surface area contributed by atoms with Gasteiger partial charge < -0.3 is 24.1 Å². The van der Waals surface area contributed by atoms with Crippen molar-refractivity contribution in [2.45, 2.75) is 4.90 Å². The SMILES string of the molecule is COc1cccc(OC)c1P(c1cccc(S(C)(C)C)c1O)c1c(OC)cccc1OC. The van der Waals surface area contributed by atoms with Crippen molar-refractivity contribution in [3.63, 3.8) is 0 Å².